The van der Waals surface area contributed by atoms with Gasteiger partial charge in [-0.3, -0.25) is 9.69 Å². The largest absolute Gasteiger partial charge is 0.481 e. The lowest BCUT2D eigenvalue weighted by molar-refractivity contribution is -0.141. The lowest BCUT2D eigenvalue weighted by Crippen LogP contribution is -2.22. The first-order valence-corrected chi connectivity index (χ1v) is 6.26. The molecule has 1 aromatic heterocycles. The zero-order valence-corrected chi connectivity index (χ0v) is 10.4. The molecule has 5 heteroatoms. The van der Waals surface area contributed by atoms with E-state index in [2.05, 4.69) is 16.8 Å². The van der Waals surface area contributed by atoms with Crippen molar-refractivity contribution < 1.29 is 9.90 Å². The summed E-state index contributed by atoms with van der Waals surface area (Å²) < 4.78 is 0. The molecule has 1 fully saturated rings. The number of hydrogen-bond donors (Lipinski definition) is 1. The first kappa shape index (κ1) is 11.5. The Morgan fingerprint density at radius 3 is 2.88 bits per heavy atom. The number of aliphatic carboxylic acids is 1. The van der Waals surface area contributed by atoms with Gasteiger partial charge in [-0.15, -0.1) is 11.3 Å². The topological polar surface area (TPSA) is 53.4 Å². The minimum absolute atomic E-state index is 0.192. The summed E-state index contributed by atoms with van der Waals surface area (Å²) in [6, 6.07) is 0. The van der Waals surface area contributed by atoms with Crippen molar-refractivity contribution in [1.29, 1.82) is 0 Å². The third kappa shape index (κ3) is 2.41. The van der Waals surface area contributed by atoms with Crippen molar-refractivity contribution >= 4 is 17.3 Å². The van der Waals surface area contributed by atoms with Gasteiger partial charge in [-0.05, 0) is 26.8 Å². The van der Waals surface area contributed by atoms with Gasteiger partial charge in [-0.1, -0.05) is 0 Å². The summed E-state index contributed by atoms with van der Waals surface area (Å²) >= 11 is 1.71. The first-order chi connectivity index (χ1) is 7.56. The number of hydrogen-bond acceptors (Lipinski definition) is 4. The summed E-state index contributed by atoms with van der Waals surface area (Å²) in [7, 11) is 0. The van der Waals surface area contributed by atoms with Crippen molar-refractivity contribution in [2.45, 2.75) is 26.8 Å². The maximum Gasteiger partial charge on any atom is 0.307 e. The number of carbonyl (C=O) groups is 1. The maximum atomic E-state index is 10.8. The van der Waals surface area contributed by atoms with Crippen LogP contribution in [0.3, 0.4) is 0 Å². The van der Waals surface area contributed by atoms with E-state index < -0.39 is 5.97 Å². The Hall–Kier alpha value is -0.940. The molecule has 0 bridgehead atoms. The van der Waals surface area contributed by atoms with Crippen molar-refractivity contribution in [2.75, 3.05) is 13.1 Å². The zero-order valence-electron chi connectivity index (χ0n) is 9.56. The van der Waals surface area contributed by atoms with Gasteiger partial charge < -0.3 is 5.11 Å². The molecule has 1 aliphatic heterocycles. The van der Waals surface area contributed by atoms with Gasteiger partial charge in [0.2, 0.25) is 0 Å². The number of rotatable bonds is 3. The Kier molecular flexibility index (Phi) is 3.25. The number of carboxylic acids is 1. The van der Waals surface area contributed by atoms with E-state index in [1.165, 1.54) is 4.88 Å². The molecule has 0 amide bonds. The van der Waals surface area contributed by atoms with Crippen LogP contribution in [0.5, 0.6) is 0 Å². The van der Waals surface area contributed by atoms with E-state index in [-0.39, 0.29) is 5.92 Å². The number of nitrogens with zero attached hydrogens (tertiary/aromatic N) is 2. The predicted molar refractivity (Wildman–Crippen MR) is 62.6 cm³/mol. The van der Waals surface area contributed by atoms with Crippen LogP contribution < -0.4 is 0 Å². The third-order valence-electron chi connectivity index (χ3n) is 3.05. The van der Waals surface area contributed by atoms with Crippen LogP contribution in [0.25, 0.3) is 0 Å². The van der Waals surface area contributed by atoms with Crippen molar-refractivity contribution in [3.05, 3.63) is 15.6 Å². The van der Waals surface area contributed by atoms with Crippen LogP contribution in [-0.4, -0.2) is 34.0 Å². The molecule has 2 heterocycles. The molecule has 4 nitrogen and oxygen atoms in total. The lowest BCUT2D eigenvalue weighted by atomic mass is 10.1. The Labute approximate surface area is 98.9 Å². The Balaban J connectivity index is 1.94. The minimum atomic E-state index is -0.672. The van der Waals surface area contributed by atoms with E-state index in [0.29, 0.717) is 6.54 Å². The molecule has 2 rings (SSSR count). The van der Waals surface area contributed by atoms with Crippen LogP contribution in [0.15, 0.2) is 0 Å². The first-order valence-electron chi connectivity index (χ1n) is 5.44. The van der Waals surface area contributed by atoms with E-state index in [4.69, 9.17) is 5.11 Å². The summed E-state index contributed by atoms with van der Waals surface area (Å²) in [5.41, 5.74) is 1.09. The Bertz CT molecular complexity index is 383. The monoisotopic (exact) mass is 240 g/mol. The summed E-state index contributed by atoms with van der Waals surface area (Å²) in [5.74, 6) is -0.865. The van der Waals surface area contributed by atoms with Crippen molar-refractivity contribution in [3.8, 4) is 0 Å². The molecule has 1 N–H and O–H groups in total. The molecule has 0 aromatic carbocycles. The summed E-state index contributed by atoms with van der Waals surface area (Å²) in [5, 5.41) is 10.0. The molecule has 0 radical (unpaired) electrons. The second-order valence-electron chi connectivity index (χ2n) is 4.31. The number of aromatic nitrogens is 1. The molecular formula is C11H16N2O2S. The number of thiazole rings is 1. The molecule has 1 aromatic rings. The Morgan fingerprint density at radius 1 is 1.62 bits per heavy atom. The van der Waals surface area contributed by atoms with Gasteiger partial charge in [0, 0.05) is 11.4 Å². The second kappa shape index (κ2) is 4.51. The number of carboxylic acid groups (broad SMARTS) is 1. The van der Waals surface area contributed by atoms with Crippen molar-refractivity contribution in [3.63, 3.8) is 0 Å². The van der Waals surface area contributed by atoms with Gasteiger partial charge in [0.05, 0.1) is 18.2 Å². The molecule has 88 valence electrons. The van der Waals surface area contributed by atoms with Gasteiger partial charge in [0.15, 0.2) is 0 Å². The fourth-order valence-electron chi connectivity index (χ4n) is 1.98. The molecule has 0 aliphatic carbocycles. The molecular weight excluding hydrogens is 224 g/mol. The molecule has 0 spiro atoms. The predicted octanol–water partition coefficient (Wildman–Crippen LogP) is 1.67. The molecule has 1 atom stereocenters. The molecule has 1 aliphatic rings. The van der Waals surface area contributed by atoms with E-state index in [1.807, 2.05) is 6.92 Å². The van der Waals surface area contributed by atoms with E-state index in [1.54, 1.807) is 11.3 Å². The quantitative estimate of drug-likeness (QED) is 0.873. The highest BCUT2D eigenvalue weighted by Gasteiger charge is 2.28. The summed E-state index contributed by atoms with van der Waals surface area (Å²) in [6.07, 6.45) is 0.763. The van der Waals surface area contributed by atoms with Gasteiger partial charge in [0.25, 0.3) is 0 Å². The van der Waals surface area contributed by atoms with E-state index >= 15 is 0 Å². The normalized spacial score (nSPS) is 21.5. The van der Waals surface area contributed by atoms with Gasteiger partial charge in [-0.2, -0.15) is 0 Å². The van der Waals surface area contributed by atoms with Gasteiger partial charge in [-0.25, -0.2) is 4.98 Å². The van der Waals surface area contributed by atoms with Crippen LogP contribution in [-0.2, 0) is 11.3 Å². The molecule has 1 saturated heterocycles. The number of likely N-dealkylation sites (tertiary alicyclic amines) is 1. The lowest BCUT2D eigenvalue weighted by Gasteiger charge is -2.12. The summed E-state index contributed by atoms with van der Waals surface area (Å²) in [6.45, 7) is 6.41. The third-order valence-corrected chi connectivity index (χ3v) is 4.11. The van der Waals surface area contributed by atoms with E-state index in [0.717, 1.165) is 30.2 Å². The fraction of sp³-hybridized carbons (Fsp3) is 0.636. The smallest absolute Gasteiger partial charge is 0.307 e. The average Bonchev–Trinajstić information content (AvgIpc) is 2.76. The van der Waals surface area contributed by atoms with E-state index in [9.17, 15) is 4.79 Å². The standard InChI is InChI=1S/C11H16N2O2S/c1-7-8(2)16-10(12-7)6-13-4-3-9(5-13)11(14)15/h9H,3-6H2,1-2H3,(H,14,15). The van der Waals surface area contributed by atoms with Gasteiger partial charge in [0.1, 0.15) is 5.01 Å². The second-order valence-corrected chi connectivity index (χ2v) is 5.60. The zero-order chi connectivity index (χ0) is 11.7. The highest BCUT2D eigenvalue weighted by atomic mass is 32.1. The van der Waals surface area contributed by atoms with Crippen LogP contribution >= 0.6 is 11.3 Å². The van der Waals surface area contributed by atoms with Crippen molar-refractivity contribution in [2.24, 2.45) is 5.92 Å². The summed E-state index contributed by atoms with van der Waals surface area (Å²) in [4.78, 5) is 18.7. The van der Waals surface area contributed by atoms with Crippen LogP contribution in [0.1, 0.15) is 22.0 Å². The van der Waals surface area contributed by atoms with Crippen LogP contribution in [0, 0.1) is 19.8 Å². The van der Waals surface area contributed by atoms with Crippen LogP contribution in [0.4, 0.5) is 0 Å². The maximum absolute atomic E-state index is 10.8. The molecule has 0 saturated carbocycles. The molecule has 1 unspecified atom stereocenters. The highest BCUT2D eigenvalue weighted by Crippen LogP contribution is 2.22. The minimum Gasteiger partial charge on any atom is -0.481 e. The highest BCUT2D eigenvalue weighted by molar-refractivity contribution is 7.11. The molecule has 16 heavy (non-hydrogen) atoms. The van der Waals surface area contributed by atoms with Crippen molar-refractivity contribution in [1.82, 2.24) is 9.88 Å². The van der Waals surface area contributed by atoms with Gasteiger partial charge >= 0.3 is 5.97 Å². The van der Waals surface area contributed by atoms with Crippen LogP contribution in [0.2, 0.25) is 0 Å². The number of aryl methyl sites for hydroxylation is 2. The Morgan fingerprint density at radius 2 is 2.38 bits per heavy atom. The fourth-order valence-corrected chi connectivity index (χ4v) is 2.95. The average molecular weight is 240 g/mol. The SMILES string of the molecule is Cc1nc(CN2CCC(C(=O)O)C2)sc1C.